The van der Waals surface area contributed by atoms with Gasteiger partial charge in [-0.3, -0.25) is 9.59 Å². The number of hydrogen-bond donors (Lipinski definition) is 1. The predicted octanol–water partition coefficient (Wildman–Crippen LogP) is 17.4. The van der Waals surface area contributed by atoms with E-state index in [1.807, 2.05) is 4.90 Å². The average molecular weight is 1070 g/mol. The minimum Gasteiger partial charge on any atom is -0.462 e. The number of unbranched alkanes of at least 4 members (excludes halogenated alkanes) is 24. The highest BCUT2D eigenvalue weighted by atomic mass is 33.1. The maximum atomic E-state index is 13.5. The topological polar surface area (TPSA) is 124 Å². The zero-order valence-corrected chi connectivity index (χ0v) is 49.6. The number of likely N-dealkylation sites (tertiary alicyclic amines) is 1. The fraction of sp³-hybridized carbons (Fsp3) is 0.933. The van der Waals surface area contributed by atoms with Gasteiger partial charge in [0.1, 0.15) is 25.4 Å². The van der Waals surface area contributed by atoms with Crippen molar-refractivity contribution in [3.05, 3.63) is 0 Å². The summed E-state index contributed by atoms with van der Waals surface area (Å²) in [6.45, 7) is 14.4. The van der Waals surface area contributed by atoms with Gasteiger partial charge in [0.15, 0.2) is 0 Å². The van der Waals surface area contributed by atoms with Crippen LogP contribution in [0.2, 0.25) is 0 Å². The molecule has 1 fully saturated rings. The molecule has 1 N–H and O–H groups in total. The molecule has 0 bridgehead atoms. The van der Waals surface area contributed by atoms with Gasteiger partial charge in [0, 0.05) is 50.5 Å². The van der Waals surface area contributed by atoms with E-state index in [4.69, 9.17) is 18.9 Å². The van der Waals surface area contributed by atoms with Gasteiger partial charge in [-0.25, -0.2) is 9.59 Å². The molecular weight excluding hydrogens is 955 g/mol. The van der Waals surface area contributed by atoms with Gasteiger partial charge in [0.05, 0.1) is 0 Å². The van der Waals surface area contributed by atoms with Crippen molar-refractivity contribution < 1.29 is 38.1 Å². The van der Waals surface area contributed by atoms with E-state index in [2.05, 4.69) is 37.9 Å². The number of amides is 2. The second-order valence-corrected chi connectivity index (χ2v) is 23.8. The molecule has 73 heavy (non-hydrogen) atoms. The molecule has 0 aliphatic carbocycles. The van der Waals surface area contributed by atoms with Crippen molar-refractivity contribution in [1.82, 2.24) is 15.1 Å². The molecule has 0 aromatic rings. The van der Waals surface area contributed by atoms with Gasteiger partial charge in [0.25, 0.3) is 0 Å². The van der Waals surface area contributed by atoms with Crippen LogP contribution >= 0.6 is 21.6 Å². The van der Waals surface area contributed by atoms with E-state index in [9.17, 15) is 19.2 Å². The first-order valence-electron chi connectivity index (χ1n) is 31.0. The number of nitrogens with one attached hydrogen (secondary N) is 1. The molecular formula is C60H115N3O8S2. The lowest BCUT2D eigenvalue weighted by Crippen LogP contribution is -2.35. The molecule has 1 saturated heterocycles. The normalized spacial score (nSPS) is 13.1. The summed E-state index contributed by atoms with van der Waals surface area (Å²) in [5, 5.41) is 2.88. The first-order chi connectivity index (χ1) is 35.8. The number of alkyl carbamates (subject to hydrolysis) is 1. The molecule has 1 heterocycles. The lowest BCUT2D eigenvalue weighted by Gasteiger charge is -2.22. The molecule has 13 heteroatoms. The lowest BCUT2D eigenvalue weighted by atomic mass is 10.0. The number of nitrogens with zero attached hydrogens (tertiary/aromatic N) is 2. The molecule has 430 valence electrons. The van der Waals surface area contributed by atoms with Gasteiger partial charge in [0.2, 0.25) is 0 Å². The summed E-state index contributed by atoms with van der Waals surface area (Å²) in [5.41, 5.74) is 0. The Morgan fingerprint density at radius 1 is 0.466 bits per heavy atom. The van der Waals surface area contributed by atoms with E-state index in [0.29, 0.717) is 57.2 Å². The van der Waals surface area contributed by atoms with E-state index in [-0.39, 0.29) is 36.3 Å². The standard InChI is InChI=1S/C60H115N3O8S2/c1-5-9-13-17-21-29-39-55(40-30-22-18-14-10-6-2)70-57(64)43-33-27-37-48-63(60(67)69-52-54-73-72-53-51-68-59(66)61-45-50-62-46-35-25-26-36-47-62)49-38-28-34-44-58(65)71-56(41-31-23-19-15-11-7-3)42-32-24-20-16-12-8-4/h55-56H,5-54H2,1-4H3,(H,61,66). The Balaban J connectivity index is 2.61. The fourth-order valence-corrected chi connectivity index (χ4v) is 11.3. The van der Waals surface area contributed by atoms with E-state index < -0.39 is 0 Å². The van der Waals surface area contributed by atoms with Gasteiger partial charge in [-0.2, -0.15) is 0 Å². The maximum absolute atomic E-state index is 13.5. The van der Waals surface area contributed by atoms with Crippen LogP contribution in [0.15, 0.2) is 0 Å². The molecule has 0 radical (unpaired) electrons. The maximum Gasteiger partial charge on any atom is 0.409 e. The van der Waals surface area contributed by atoms with E-state index in [1.165, 1.54) is 154 Å². The third-order valence-electron chi connectivity index (χ3n) is 14.3. The zero-order valence-electron chi connectivity index (χ0n) is 48.0. The molecule has 0 atom stereocenters. The second-order valence-electron chi connectivity index (χ2n) is 21.1. The predicted molar refractivity (Wildman–Crippen MR) is 311 cm³/mol. The Morgan fingerprint density at radius 3 is 1.25 bits per heavy atom. The van der Waals surface area contributed by atoms with Crippen molar-refractivity contribution >= 4 is 45.7 Å². The second kappa shape index (κ2) is 53.5. The van der Waals surface area contributed by atoms with Gasteiger partial charge in [-0.1, -0.05) is 203 Å². The van der Waals surface area contributed by atoms with Crippen LogP contribution in [0.4, 0.5) is 9.59 Å². The van der Waals surface area contributed by atoms with Crippen LogP contribution in [0, 0.1) is 0 Å². The van der Waals surface area contributed by atoms with E-state index in [0.717, 1.165) is 110 Å². The van der Waals surface area contributed by atoms with Crippen molar-refractivity contribution in [3.63, 3.8) is 0 Å². The third-order valence-corrected chi connectivity index (χ3v) is 16.6. The van der Waals surface area contributed by atoms with Crippen LogP contribution in [0.5, 0.6) is 0 Å². The number of hydrogen-bond acceptors (Lipinski definition) is 11. The Bertz CT molecular complexity index is 1170. The molecule has 1 rings (SSSR count). The minimum absolute atomic E-state index is 0.0221. The average Bonchev–Trinajstić information content (AvgIpc) is 3.66. The number of carbonyl (C=O) groups excluding carboxylic acids is 4. The minimum atomic E-state index is -0.369. The molecule has 0 aromatic carbocycles. The number of rotatable bonds is 52. The lowest BCUT2D eigenvalue weighted by molar-refractivity contribution is -0.151. The third kappa shape index (κ3) is 46.0. The van der Waals surface area contributed by atoms with Gasteiger partial charge >= 0.3 is 24.1 Å². The monoisotopic (exact) mass is 1070 g/mol. The first kappa shape index (κ1) is 69.2. The van der Waals surface area contributed by atoms with Crippen LogP contribution in [0.1, 0.15) is 285 Å². The highest BCUT2D eigenvalue weighted by Crippen LogP contribution is 2.22. The summed E-state index contributed by atoms with van der Waals surface area (Å²) in [6, 6.07) is 0. The van der Waals surface area contributed by atoms with Crippen molar-refractivity contribution in [2.24, 2.45) is 0 Å². The van der Waals surface area contributed by atoms with Crippen LogP contribution in [-0.2, 0) is 28.5 Å². The molecule has 1 aliphatic heterocycles. The van der Waals surface area contributed by atoms with E-state index in [1.54, 1.807) is 21.6 Å². The van der Waals surface area contributed by atoms with Gasteiger partial charge < -0.3 is 34.1 Å². The molecule has 0 spiro atoms. The smallest absolute Gasteiger partial charge is 0.409 e. The Kier molecular flexibility index (Phi) is 50.7. The molecule has 0 unspecified atom stereocenters. The number of esters is 2. The van der Waals surface area contributed by atoms with Crippen LogP contribution in [-0.4, -0.2) is 110 Å². The van der Waals surface area contributed by atoms with Crippen molar-refractivity contribution in [3.8, 4) is 0 Å². The summed E-state index contributed by atoms with van der Waals surface area (Å²) in [5.74, 6) is 1.12. The van der Waals surface area contributed by atoms with Crippen molar-refractivity contribution in [2.75, 3.05) is 64.0 Å². The van der Waals surface area contributed by atoms with Crippen LogP contribution < -0.4 is 5.32 Å². The highest BCUT2D eigenvalue weighted by Gasteiger charge is 2.19. The Hall–Kier alpha value is -1.86. The summed E-state index contributed by atoms with van der Waals surface area (Å²) < 4.78 is 23.3. The van der Waals surface area contributed by atoms with Crippen molar-refractivity contribution in [1.29, 1.82) is 0 Å². The number of carbonyl (C=O) groups is 4. The quantitative estimate of drug-likeness (QED) is 0.0271. The number of ether oxygens (including phenoxy) is 4. The van der Waals surface area contributed by atoms with Gasteiger partial charge in [-0.15, -0.1) is 0 Å². The summed E-state index contributed by atoms with van der Waals surface area (Å²) in [4.78, 5) is 56.0. The first-order valence-corrected chi connectivity index (χ1v) is 33.5. The Morgan fingerprint density at radius 2 is 0.836 bits per heavy atom. The fourth-order valence-electron chi connectivity index (χ4n) is 9.68. The zero-order chi connectivity index (χ0) is 52.9. The molecule has 2 amide bonds. The largest absolute Gasteiger partial charge is 0.462 e. The van der Waals surface area contributed by atoms with Crippen molar-refractivity contribution in [2.45, 2.75) is 297 Å². The summed E-state index contributed by atoms with van der Waals surface area (Å²) >= 11 is 0. The Labute approximate surface area is 457 Å². The van der Waals surface area contributed by atoms with Gasteiger partial charge in [-0.05, 0) is 103 Å². The highest BCUT2D eigenvalue weighted by molar-refractivity contribution is 8.76. The van der Waals surface area contributed by atoms with E-state index >= 15 is 0 Å². The summed E-state index contributed by atoms with van der Waals surface area (Å²) in [7, 11) is 3.21. The molecule has 11 nitrogen and oxygen atoms in total. The molecule has 0 saturated carbocycles. The molecule has 0 aromatic heterocycles. The van der Waals surface area contributed by atoms with Crippen LogP contribution in [0.25, 0.3) is 0 Å². The van der Waals surface area contributed by atoms with Crippen LogP contribution in [0.3, 0.4) is 0 Å². The molecule has 1 aliphatic rings. The summed E-state index contributed by atoms with van der Waals surface area (Å²) in [6.07, 6.45) is 43.5. The SMILES string of the molecule is CCCCCCCCC(CCCCCCCC)OC(=O)CCCCCN(CCCCCC(=O)OC(CCCCCCCC)CCCCCCCC)C(=O)OCCSSCCOC(=O)NCCN1CCCCCC1.